The number of anilines is 4. The first-order valence-electron chi connectivity index (χ1n) is 13.2. The van der Waals surface area contributed by atoms with Crippen molar-refractivity contribution in [2.45, 2.75) is 37.9 Å². The number of carboxylic acids is 2. The molecule has 0 fully saturated rings. The molecule has 0 saturated heterocycles. The van der Waals surface area contributed by atoms with Crippen LogP contribution in [0.1, 0.15) is 41.7 Å². The molecule has 42 heavy (non-hydrogen) atoms. The number of fused-ring (bicyclic) bond motifs is 1. The van der Waals surface area contributed by atoms with Crippen molar-refractivity contribution in [3.8, 4) is 0 Å². The monoisotopic (exact) mass is 580 g/mol. The van der Waals surface area contributed by atoms with Crippen molar-refractivity contribution in [3.05, 3.63) is 76.1 Å². The second-order valence-electron chi connectivity index (χ2n) is 9.75. The van der Waals surface area contributed by atoms with Crippen LogP contribution in [0.5, 0.6) is 0 Å². The lowest BCUT2D eigenvalue weighted by atomic mass is 10.1. The lowest BCUT2D eigenvalue weighted by Gasteiger charge is -2.35. The Kier molecular flexibility index (Phi) is 10.8. The zero-order chi connectivity index (χ0) is 30.8. The van der Waals surface area contributed by atoms with Crippen LogP contribution in [0.3, 0.4) is 0 Å². The van der Waals surface area contributed by atoms with Gasteiger partial charge in [0.25, 0.3) is 11.5 Å². The molecule has 1 aliphatic rings. The molecule has 3 atom stereocenters. The number of carboxylic acid groups (broad SMARTS) is 2. The van der Waals surface area contributed by atoms with E-state index < -0.39 is 23.9 Å². The fourth-order valence-corrected chi connectivity index (χ4v) is 4.18. The van der Waals surface area contributed by atoms with Gasteiger partial charge in [0, 0.05) is 43.9 Å². The Bertz CT molecular complexity index is 1430. The van der Waals surface area contributed by atoms with Gasteiger partial charge < -0.3 is 42.5 Å². The van der Waals surface area contributed by atoms with Crippen LogP contribution in [-0.4, -0.2) is 70.2 Å². The van der Waals surface area contributed by atoms with Crippen molar-refractivity contribution >= 4 is 41.0 Å². The minimum atomic E-state index is -1.30. The number of H-pyrrole nitrogens is 1. The summed E-state index contributed by atoms with van der Waals surface area (Å²) < 4.78 is 0. The van der Waals surface area contributed by atoms with Gasteiger partial charge in [-0.3, -0.25) is 19.4 Å². The van der Waals surface area contributed by atoms with Crippen molar-refractivity contribution in [2.24, 2.45) is 5.73 Å². The largest absolute Gasteiger partial charge is 0.481 e. The molecule has 1 aliphatic heterocycles. The highest BCUT2D eigenvalue weighted by molar-refractivity contribution is 5.97. The number of amides is 1. The standard InChI is InChI=1S/C20H25N7O6.C8H11N/c1-27-12(9-23-16-15(27)18(31)26-20(21)25-16)8-22-11-4-2-10(3-5-11)17(30)24-13(19(32)33)6-7-14(28)29;1-7(9)8-5-3-2-4-6-8/h2-5,12-13,22H,6-9H2,1H3,(H,24,30)(H,28,29)(H,32,33)(H4,21,23,25,26,31);2-7H,9H2,1H3/t12-,13-;7-/m01/s1. The van der Waals surface area contributed by atoms with Gasteiger partial charge in [0.15, 0.2) is 5.82 Å². The number of aromatic nitrogens is 2. The summed E-state index contributed by atoms with van der Waals surface area (Å²) in [6.07, 6.45) is -0.586. The molecule has 1 aromatic heterocycles. The summed E-state index contributed by atoms with van der Waals surface area (Å²) in [5, 5.41) is 26.6. The van der Waals surface area contributed by atoms with E-state index in [1.807, 2.05) is 42.2 Å². The van der Waals surface area contributed by atoms with E-state index in [9.17, 15) is 24.3 Å². The van der Waals surface area contributed by atoms with Gasteiger partial charge in [0.05, 0.1) is 6.04 Å². The topological polar surface area (TPSA) is 229 Å². The fourth-order valence-electron chi connectivity index (χ4n) is 4.18. The van der Waals surface area contributed by atoms with E-state index in [1.165, 1.54) is 17.7 Å². The molecule has 0 unspecified atom stereocenters. The number of benzene rings is 2. The maximum atomic E-state index is 12.3. The summed E-state index contributed by atoms with van der Waals surface area (Å²) in [4.78, 5) is 54.9. The van der Waals surface area contributed by atoms with E-state index >= 15 is 0 Å². The number of rotatable bonds is 10. The van der Waals surface area contributed by atoms with Crippen LogP contribution in [0.15, 0.2) is 59.4 Å². The number of nitrogen functional groups attached to an aromatic ring is 1. The maximum absolute atomic E-state index is 12.3. The number of nitrogens with zero attached hydrogens (tertiary/aromatic N) is 2. The molecule has 0 bridgehead atoms. The summed E-state index contributed by atoms with van der Waals surface area (Å²) in [7, 11) is 1.79. The Labute approximate surface area is 242 Å². The van der Waals surface area contributed by atoms with E-state index in [4.69, 9.17) is 16.6 Å². The smallest absolute Gasteiger partial charge is 0.326 e. The summed E-state index contributed by atoms with van der Waals surface area (Å²) in [5.74, 6) is -2.59. The van der Waals surface area contributed by atoms with Crippen molar-refractivity contribution in [1.29, 1.82) is 0 Å². The molecule has 224 valence electrons. The van der Waals surface area contributed by atoms with Crippen molar-refractivity contribution in [1.82, 2.24) is 15.3 Å². The molecule has 14 nitrogen and oxygen atoms in total. The van der Waals surface area contributed by atoms with E-state index in [0.29, 0.717) is 24.6 Å². The molecule has 3 aromatic rings. The van der Waals surface area contributed by atoms with Crippen molar-refractivity contribution < 1.29 is 24.6 Å². The number of likely N-dealkylation sites (N-methyl/N-ethyl adjacent to an activating group) is 1. The number of hydrogen-bond donors (Lipinski definition) is 8. The summed E-state index contributed by atoms with van der Waals surface area (Å²) in [6.45, 7) is 2.99. The first-order chi connectivity index (χ1) is 20.0. The molecule has 4 rings (SSSR count). The maximum Gasteiger partial charge on any atom is 0.326 e. The molecule has 2 heterocycles. The molecule has 0 spiro atoms. The van der Waals surface area contributed by atoms with E-state index in [1.54, 1.807) is 19.2 Å². The molecule has 1 amide bonds. The van der Waals surface area contributed by atoms with Crippen LogP contribution in [0.2, 0.25) is 0 Å². The molecule has 0 aliphatic carbocycles. The predicted octanol–water partition coefficient (Wildman–Crippen LogP) is 1.45. The zero-order valence-electron chi connectivity index (χ0n) is 23.3. The lowest BCUT2D eigenvalue weighted by molar-refractivity contribution is -0.140. The Morgan fingerprint density at radius 1 is 1.12 bits per heavy atom. The third kappa shape index (κ3) is 8.69. The van der Waals surface area contributed by atoms with E-state index in [2.05, 4.69) is 25.9 Å². The average molecular weight is 581 g/mol. The minimum absolute atomic E-state index is 0.0388. The number of hydrogen-bond acceptors (Lipinski definition) is 10. The second-order valence-corrected chi connectivity index (χ2v) is 9.75. The molecule has 2 aromatic carbocycles. The Morgan fingerprint density at radius 2 is 1.79 bits per heavy atom. The van der Waals surface area contributed by atoms with Crippen LogP contribution < -0.4 is 37.9 Å². The van der Waals surface area contributed by atoms with Gasteiger partial charge in [-0.1, -0.05) is 30.3 Å². The Balaban J connectivity index is 0.000000458. The number of carbonyl (C=O) groups excluding carboxylic acids is 1. The summed E-state index contributed by atoms with van der Waals surface area (Å²) >= 11 is 0. The van der Waals surface area contributed by atoms with Crippen molar-refractivity contribution in [3.63, 3.8) is 0 Å². The van der Waals surface area contributed by atoms with Gasteiger partial charge in [0.1, 0.15) is 11.7 Å². The van der Waals surface area contributed by atoms with Gasteiger partial charge in [-0.05, 0) is 43.2 Å². The second kappa shape index (κ2) is 14.5. The number of nitrogens with two attached hydrogens (primary N) is 2. The van der Waals surface area contributed by atoms with Crippen LogP contribution in [0, 0.1) is 0 Å². The van der Waals surface area contributed by atoms with Crippen molar-refractivity contribution in [2.75, 3.05) is 41.4 Å². The summed E-state index contributed by atoms with van der Waals surface area (Å²) in [6, 6.07) is 15.2. The number of aromatic amines is 1. The van der Waals surface area contributed by atoms with Gasteiger partial charge in [-0.15, -0.1) is 0 Å². The average Bonchev–Trinajstić information content (AvgIpc) is 2.95. The highest BCUT2D eigenvalue weighted by Gasteiger charge is 2.27. The molecular weight excluding hydrogens is 544 g/mol. The third-order valence-corrected chi connectivity index (χ3v) is 6.58. The lowest BCUT2D eigenvalue weighted by Crippen LogP contribution is -2.48. The highest BCUT2D eigenvalue weighted by Crippen LogP contribution is 2.25. The number of aliphatic carboxylic acids is 2. The number of carbonyl (C=O) groups is 3. The van der Waals surface area contributed by atoms with Gasteiger partial charge in [-0.25, -0.2) is 4.79 Å². The van der Waals surface area contributed by atoms with Crippen LogP contribution in [0.4, 0.5) is 23.1 Å². The Hall–Kier alpha value is -5.11. The summed E-state index contributed by atoms with van der Waals surface area (Å²) in [5.41, 5.74) is 13.4. The fraction of sp³-hybridized carbons (Fsp3) is 0.321. The van der Waals surface area contributed by atoms with Crippen LogP contribution in [-0.2, 0) is 9.59 Å². The predicted molar refractivity (Wildman–Crippen MR) is 160 cm³/mol. The molecular formula is C28H36N8O6. The zero-order valence-corrected chi connectivity index (χ0v) is 23.3. The molecule has 0 saturated carbocycles. The molecule has 14 heteroatoms. The molecule has 0 radical (unpaired) electrons. The van der Waals surface area contributed by atoms with E-state index in [0.717, 1.165) is 5.69 Å². The first-order valence-corrected chi connectivity index (χ1v) is 13.2. The Morgan fingerprint density at radius 3 is 2.36 bits per heavy atom. The number of nitrogens with one attached hydrogen (secondary N) is 4. The van der Waals surface area contributed by atoms with Crippen LogP contribution in [0.25, 0.3) is 0 Å². The van der Waals surface area contributed by atoms with Crippen LogP contribution >= 0.6 is 0 Å². The third-order valence-electron chi connectivity index (χ3n) is 6.58. The normalized spacial score (nSPS) is 15.1. The quantitative estimate of drug-likeness (QED) is 0.170. The minimum Gasteiger partial charge on any atom is -0.481 e. The first kappa shape index (κ1) is 31.4. The van der Waals surface area contributed by atoms with Gasteiger partial charge >= 0.3 is 11.9 Å². The molecule has 10 N–H and O–H groups in total. The van der Waals surface area contributed by atoms with Gasteiger partial charge in [0.2, 0.25) is 5.95 Å². The van der Waals surface area contributed by atoms with Gasteiger partial charge in [-0.2, -0.15) is 4.98 Å². The van der Waals surface area contributed by atoms with E-state index in [-0.39, 0.29) is 42.0 Å². The highest BCUT2D eigenvalue weighted by atomic mass is 16.4. The SMILES string of the molecule is CN1c2c(nc(N)[nH]c2=O)NC[C@@H]1CNc1ccc(C(=O)N[C@@H](CCC(=O)O)C(=O)O)cc1.C[C@@H](N)c1ccccc1.